The van der Waals surface area contributed by atoms with Crippen LogP contribution in [-0.2, 0) is 16.0 Å². The second-order valence-corrected chi connectivity index (χ2v) is 5.37. The fourth-order valence-electron chi connectivity index (χ4n) is 2.06. The Balaban J connectivity index is 1.72. The monoisotopic (exact) mass is 385 g/mol. The van der Waals surface area contributed by atoms with E-state index in [9.17, 15) is 27.2 Å². The van der Waals surface area contributed by atoms with Crippen LogP contribution in [0.3, 0.4) is 0 Å². The zero-order valence-electron chi connectivity index (χ0n) is 13.9. The molecule has 0 radical (unpaired) electrons. The van der Waals surface area contributed by atoms with Gasteiger partial charge >= 0.3 is 12.3 Å². The highest BCUT2D eigenvalue weighted by molar-refractivity contribution is 5.91. The van der Waals surface area contributed by atoms with E-state index >= 15 is 0 Å². The highest BCUT2D eigenvalue weighted by atomic mass is 19.4. The van der Waals surface area contributed by atoms with Gasteiger partial charge in [0.15, 0.2) is 6.61 Å². The molecule has 9 heteroatoms. The zero-order valence-corrected chi connectivity index (χ0v) is 13.9. The zero-order chi connectivity index (χ0) is 19.9. The van der Waals surface area contributed by atoms with Crippen molar-refractivity contribution in [2.24, 2.45) is 0 Å². The molecule has 2 aromatic rings. The van der Waals surface area contributed by atoms with Crippen molar-refractivity contribution in [3.8, 4) is 5.75 Å². The number of benzene rings is 2. The number of rotatable bonds is 7. The van der Waals surface area contributed by atoms with Crippen LogP contribution in [0.25, 0.3) is 0 Å². The number of halogens is 4. The van der Waals surface area contributed by atoms with Gasteiger partial charge in [-0.05, 0) is 48.4 Å². The molecule has 5 nitrogen and oxygen atoms in total. The van der Waals surface area contributed by atoms with Crippen molar-refractivity contribution in [2.45, 2.75) is 12.8 Å². The molecule has 1 amide bonds. The number of amides is 1. The fourth-order valence-corrected chi connectivity index (χ4v) is 2.06. The minimum absolute atomic E-state index is 0.0244. The molecule has 144 valence electrons. The first-order valence-electron chi connectivity index (χ1n) is 7.77. The van der Waals surface area contributed by atoms with Gasteiger partial charge in [-0.25, -0.2) is 9.18 Å². The van der Waals surface area contributed by atoms with E-state index in [0.29, 0.717) is 6.42 Å². The van der Waals surface area contributed by atoms with Crippen LogP contribution in [-0.4, -0.2) is 31.4 Å². The van der Waals surface area contributed by atoms with Gasteiger partial charge in [-0.1, -0.05) is 12.1 Å². The molecule has 0 atom stereocenters. The van der Waals surface area contributed by atoms with Crippen LogP contribution in [0.1, 0.15) is 15.9 Å². The van der Waals surface area contributed by atoms with E-state index in [1.54, 1.807) is 12.1 Å². The number of nitrogens with one attached hydrogen (secondary N) is 1. The Bertz CT molecular complexity index is 773. The third-order valence-corrected chi connectivity index (χ3v) is 3.31. The summed E-state index contributed by atoms with van der Waals surface area (Å²) in [6.07, 6.45) is -4.35. The van der Waals surface area contributed by atoms with E-state index in [4.69, 9.17) is 4.74 Å². The van der Waals surface area contributed by atoms with Crippen molar-refractivity contribution >= 4 is 11.9 Å². The lowest BCUT2D eigenvalue weighted by molar-refractivity contribution is -0.274. The molecular weight excluding hydrogens is 370 g/mol. The van der Waals surface area contributed by atoms with E-state index < -0.39 is 30.6 Å². The number of hydrogen-bond acceptors (Lipinski definition) is 4. The van der Waals surface area contributed by atoms with Gasteiger partial charge < -0.3 is 14.8 Å². The van der Waals surface area contributed by atoms with Crippen molar-refractivity contribution in [1.82, 2.24) is 5.32 Å². The van der Waals surface area contributed by atoms with Crippen LogP contribution in [0.2, 0.25) is 0 Å². The maximum atomic E-state index is 12.8. The summed E-state index contributed by atoms with van der Waals surface area (Å²) < 4.78 is 57.4. The molecule has 0 aromatic heterocycles. The SMILES string of the molecule is O=C(COC(=O)c1ccc(OC(F)(F)F)cc1)NCCc1ccc(F)cc1. The maximum Gasteiger partial charge on any atom is 0.573 e. The van der Waals surface area contributed by atoms with Gasteiger partial charge in [0.2, 0.25) is 0 Å². The Morgan fingerprint density at radius 1 is 0.963 bits per heavy atom. The van der Waals surface area contributed by atoms with Crippen LogP contribution in [0.5, 0.6) is 5.75 Å². The number of carbonyl (C=O) groups excluding carboxylic acids is 2. The van der Waals surface area contributed by atoms with Gasteiger partial charge in [-0.3, -0.25) is 4.79 Å². The van der Waals surface area contributed by atoms with Gasteiger partial charge in [-0.15, -0.1) is 13.2 Å². The Hall–Kier alpha value is -3.10. The molecule has 2 rings (SSSR count). The number of hydrogen-bond donors (Lipinski definition) is 1. The second kappa shape index (κ2) is 9.02. The van der Waals surface area contributed by atoms with E-state index in [1.165, 1.54) is 12.1 Å². The number of carbonyl (C=O) groups is 2. The molecule has 27 heavy (non-hydrogen) atoms. The molecule has 1 N–H and O–H groups in total. The average Bonchev–Trinajstić information content (AvgIpc) is 2.60. The lowest BCUT2D eigenvalue weighted by Crippen LogP contribution is -2.30. The summed E-state index contributed by atoms with van der Waals surface area (Å²) in [7, 11) is 0. The van der Waals surface area contributed by atoms with Gasteiger partial charge in [0.25, 0.3) is 5.91 Å². The molecule has 0 aliphatic carbocycles. The minimum Gasteiger partial charge on any atom is -0.452 e. The lowest BCUT2D eigenvalue weighted by atomic mass is 10.1. The summed E-state index contributed by atoms with van der Waals surface area (Å²) >= 11 is 0. The van der Waals surface area contributed by atoms with Gasteiger partial charge in [-0.2, -0.15) is 0 Å². The fraction of sp³-hybridized carbons (Fsp3) is 0.222. The van der Waals surface area contributed by atoms with Gasteiger partial charge in [0.1, 0.15) is 11.6 Å². The second-order valence-electron chi connectivity index (χ2n) is 5.37. The van der Waals surface area contributed by atoms with Crippen LogP contribution >= 0.6 is 0 Å². The molecule has 0 fully saturated rings. The predicted molar refractivity (Wildman–Crippen MR) is 86.5 cm³/mol. The molecule has 0 saturated heterocycles. The van der Waals surface area contributed by atoms with E-state index in [0.717, 1.165) is 29.8 Å². The molecular formula is C18H15F4NO4. The van der Waals surface area contributed by atoms with Crippen molar-refractivity contribution in [3.05, 3.63) is 65.5 Å². The third-order valence-electron chi connectivity index (χ3n) is 3.31. The summed E-state index contributed by atoms with van der Waals surface area (Å²) in [4.78, 5) is 23.4. The quantitative estimate of drug-likeness (QED) is 0.587. The Kier molecular flexibility index (Phi) is 6.75. The molecule has 0 unspecified atom stereocenters. The van der Waals surface area contributed by atoms with E-state index in [2.05, 4.69) is 10.1 Å². The van der Waals surface area contributed by atoms with E-state index in [-0.39, 0.29) is 17.9 Å². The smallest absolute Gasteiger partial charge is 0.452 e. The van der Waals surface area contributed by atoms with Crippen LogP contribution < -0.4 is 10.1 Å². The highest BCUT2D eigenvalue weighted by Gasteiger charge is 2.31. The first-order valence-corrected chi connectivity index (χ1v) is 7.77. The molecule has 0 aliphatic heterocycles. The van der Waals surface area contributed by atoms with Crippen LogP contribution in [0, 0.1) is 5.82 Å². The standard InChI is InChI=1S/C18H15F4NO4/c19-14-5-1-12(2-6-14)9-10-23-16(24)11-26-17(25)13-3-7-15(8-4-13)27-18(20,21)22/h1-8H,9-11H2,(H,23,24). The molecule has 2 aromatic carbocycles. The Morgan fingerprint density at radius 3 is 2.19 bits per heavy atom. The largest absolute Gasteiger partial charge is 0.573 e. The Labute approximate surface area is 151 Å². The molecule has 0 heterocycles. The molecule has 0 bridgehead atoms. The van der Waals surface area contributed by atoms with Crippen molar-refractivity contribution in [2.75, 3.05) is 13.2 Å². The van der Waals surface area contributed by atoms with Crippen LogP contribution in [0.15, 0.2) is 48.5 Å². The first kappa shape index (κ1) is 20.2. The topological polar surface area (TPSA) is 64.6 Å². The van der Waals surface area contributed by atoms with Crippen LogP contribution in [0.4, 0.5) is 17.6 Å². The normalized spacial score (nSPS) is 11.0. The Morgan fingerprint density at radius 2 is 1.59 bits per heavy atom. The number of ether oxygens (including phenoxy) is 2. The summed E-state index contributed by atoms with van der Waals surface area (Å²) in [5, 5.41) is 2.53. The minimum atomic E-state index is -4.83. The summed E-state index contributed by atoms with van der Waals surface area (Å²) in [5.74, 6) is -2.23. The maximum absolute atomic E-state index is 12.8. The van der Waals surface area contributed by atoms with Crippen molar-refractivity contribution < 1.29 is 36.6 Å². The number of esters is 1. The lowest BCUT2D eigenvalue weighted by Gasteiger charge is -2.09. The van der Waals surface area contributed by atoms with Gasteiger partial charge in [0.05, 0.1) is 5.56 Å². The van der Waals surface area contributed by atoms with Crippen molar-refractivity contribution in [1.29, 1.82) is 0 Å². The average molecular weight is 385 g/mol. The third kappa shape index (κ3) is 7.35. The van der Waals surface area contributed by atoms with Gasteiger partial charge in [0, 0.05) is 6.54 Å². The summed E-state index contributed by atoms with van der Waals surface area (Å²) in [5.41, 5.74) is 0.804. The molecule has 0 saturated carbocycles. The van der Waals surface area contributed by atoms with E-state index in [1.807, 2.05) is 0 Å². The number of alkyl halides is 3. The first-order chi connectivity index (χ1) is 12.7. The summed E-state index contributed by atoms with van der Waals surface area (Å²) in [6, 6.07) is 9.92. The predicted octanol–water partition coefficient (Wildman–Crippen LogP) is 3.24. The summed E-state index contributed by atoms with van der Waals surface area (Å²) in [6.45, 7) is -0.269. The molecule has 0 spiro atoms. The molecule has 0 aliphatic rings. The highest BCUT2D eigenvalue weighted by Crippen LogP contribution is 2.22. The van der Waals surface area contributed by atoms with Crippen molar-refractivity contribution in [3.63, 3.8) is 0 Å².